The fourth-order valence-corrected chi connectivity index (χ4v) is 4.03. The first-order chi connectivity index (χ1) is 15.0. The molecule has 31 heavy (non-hydrogen) atoms. The number of benzene rings is 3. The van der Waals surface area contributed by atoms with Gasteiger partial charge >= 0.3 is 0 Å². The third-order valence-corrected chi connectivity index (χ3v) is 5.60. The molecule has 1 amide bonds. The van der Waals surface area contributed by atoms with Crippen molar-refractivity contribution in [2.24, 2.45) is 0 Å². The molecular weight excluding hydrogens is 401 g/mol. The Labute approximate surface area is 177 Å². The molecule has 1 atom stereocenters. The third-order valence-electron chi connectivity index (χ3n) is 5.60. The number of para-hydroxylation sites is 1. The lowest BCUT2D eigenvalue weighted by molar-refractivity contribution is -0.136. The molecular formula is C24H18FNO5. The molecule has 156 valence electrons. The molecule has 0 fully saturated rings. The summed E-state index contributed by atoms with van der Waals surface area (Å²) in [5.41, 5.74) is -0.0649. The lowest BCUT2D eigenvalue weighted by Crippen LogP contribution is -2.41. The Kier molecular flexibility index (Phi) is 4.48. The molecule has 5 rings (SSSR count). The SMILES string of the molecule is O=C(C[C@@]1(O)C(=O)N(Cc2ccc3c(c2)OCO3)c2ccccc21)c1ccc(F)cc1. The molecule has 3 aromatic rings. The average Bonchev–Trinajstić information content (AvgIpc) is 3.32. The van der Waals surface area contributed by atoms with Gasteiger partial charge in [-0.25, -0.2) is 4.39 Å². The highest BCUT2D eigenvalue weighted by molar-refractivity contribution is 6.10. The van der Waals surface area contributed by atoms with Crippen molar-refractivity contribution >= 4 is 17.4 Å². The van der Waals surface area contributed by atoms with Gasteiger partial charge in [-0.3, -0.25) is 9.59 Å². The van der Waals surface area contributed by atoms with Crippen LogP contribution in [0.2, 0.25) is 0 Å². The first kappa shape index (κ1) is 19.3. The summed E-state index contributed by atoms with van der Waals surface area (Å²) in [6.07, 6.45) is -0.438. The highest BCUT2D eigenvalue weighted by Crippen LogP contribution is 2.44. The number of ketones is 1. The van der Waals surface area contributed by atoms with Gasteiger partial charge in [0.25, 0.3) is 5.91 Å². The van der Waals surface area contributed by atoms with E-state index in [0.717, 1.165) is 5.56 Å². The lowest BCUT2D eigenvalue weighted by atomic mass is 9.88. The van der Waals surface area contributed by atoms with Gasteiger partial charge in [-0.1, -0.05) is 24.3 Å². The van der Waals surface area contributed by atoms with Crippen LogP contribution in [0.15, 0.2) is 66.7 Å². The number of Topliss-reactive ketones (excluding diaryl/α,β-unsaturated/α-hetero) is 1. The first-order valence-corrected chi connectivity index (χ1v) is 9.77. The van der Waals surface area contributed by atoms with E-state index in [1.165, 1.54) is 29.2 Å². The fraction of sp³-hybridized carbons (Fsp3) is 0.167. The Morgan fingerprint density at radius 1 is 1.03 bits per heavy atom. The van der Waals surface area contributed by atoms with E-state index in [4.69, 9.17) is 9.47 Å². The number of fused-ring (bicyclic) bond motifs is 2. The number of carbonyl (C=O) groups excluding carboxylic acids is 2. The van der Waals surface area contributed by atoms with E-state index in [0.29, 0.717) is 22.7 Å². The molecule has 2 heterocycles. The van der Waals surface area contributed by atoms with E-state index >= 15 is 0 Å². The van der Waals surface area contributed by atoms with Crippen molar-refractivity contribution in [1.29, 1.82) is 0 Å². The number of aliphatic hydroxyl groups is 1. The van der Waals surface area contributed by atoms with Crippen LogP contribution in [-0.2, 0) is 16.9 Å². The summed E-state index contributed by atoms with van der Waals surface area (Å²) in [4.78, 5) is 27.6. The maximum atomic E-state index is 13.4. The number of rotatable bonds is 5. The number of hydrogen-bond acceptors (Lipinski definition) is 5. The van der Waals surface area contributed by atoms with E-state index in [1.807, 2.05) is 6.07 Å². The summed E-state index contributed by atoms with van der Waals surface area (Å²) < 4.78 is 23.9. The number of halogens is 1. The van der Waals surface area contributed by atoms with Crippen molar-refractivity contribution in [3.05, 3.63) is 89.2 Å². The second-order valence-corrected chi connectivity index (χ2v) is 7.56. The molecule has 0 bridgehead atoms. The monoisotopic (exact) mass is 419 g/mol. The average molecular weight is 419 g/mol. The van der Waals surface area contributed by atoms with Crippen LogP contribution in [0.5, 0.6) is 11.5 Å². The predicted molar refractivity (Wildman–Crippen MR) is 109 cm³/mol. The quantitative estimate of drug-likeness (QED) is 0.640. The molecule has 0 aliphatic carbocycles. The van der Waals surface area contributed by atoms with Gasteiger partial charge in [0.2, 0.25) is 6.79 Å². The van der Waals surface area contributed by atoms with Crippen LogP contribution in [0.1, 0.15) is 27.9 Å². The van der Waals surface area contributed by atoms with Gasteiger partial charge < -0.3 is 19.5 Å². The second-order valence-electron chi connectivity index (χ2n) is 7.56. The summed E-state index contributed by atoms with van der Waals surface area (Å²) >= 11 is 0. The lowest BCUT2D eigenvalue weighted by Gasteiger charge is -2.23. The van der Waals surface area contributed by atoms with Crippen LogP contribution in [0.25, 0.3) is 0 Å². The molecule has 1 N–H and O–H groups in total. The van der Waals surface area contributed by atoms with Crippen molar-refractivity contribution in [3.8, 4) is 11.5 Å². The van der Waals surface area contributed by atoms with Gasteiger partial charge in [0, 0.05) is 11.1 Å². The minimum Gasteiger partial charge on any atom is -0.454 e. The highest BCUT2D eigenvalue weighted by atomic mass is 19.1. The minimum absolute atomic E-state index is 0.148. The Bertz CT molecular complexity index is 1190. The van der Waals surface area contributed by atoms with E-state index in [-0.39, 0.29) is 18.9 Å². The van der Waals surface area contributed by atoms with Crippen molar-refractivity contribution < 1.29 is 28.6 Å². The largest absolute Gasteiger partial charge is 0.454 e. The maximum absolute atomic E-state index is 13.4. The maximum Gasteiger partial charge on any atom is 0.264 e. The van der Waals surface area contributed by atoms with Crippen LogP contribution in [0.3, 0.4) is 0 Å². The van der Waals surface area contributed by atoms with Crippen LogP contribution in [0.4, 0.5) is 10.1 Å². The molecule has 0 unspecified atom stereocenters. The van der Waals surface area contributed by atoms with Gasteiger partial charge in [-0.05, 0) is 48.0 Å². The van der Waals surface area contributed by atoms with Gasteiger partial charge in [-0.2, -0.15) is 0 Å². The molecule has 7 heteroatoms. The van der Waals surface area contributed by atoms with Gasteiger partial charge in [0.05, 0.1) is 18.7 Å². The second kappa shape index (κ2) is 7.21. The molecule has 0 spiro atoms. The zero-order chi connectivity index (χ0) is 21.6. The zero-order valence-corrected chi connectivity index (χ0v) is 16.4. The summed E-state index contributed by atoms with van der Waals surface area (Å²) in [7, 11) is 0. The Balaban J connectivity index is 1.46. The first-order valence-electron chi connectivity index (χ1n) is 9.77. The molecule has 2 aliphatic rings. The molecule has 2 aliphatic heterocycles. The predicted octanol–water partition coefficient (Wildman–Crippen LogP) is 3.56. The Morgan fingerprint density at radius 3 is 2.58 bits per heavy atom. The van der Waals surface area contributed by atoms with Crippen LogP contribution in [-0.4, -0.2) is 23.6 Å². The van der Waals surface area contributed by atoms with E-state index in [2.05, 4.69) is 0 Å². The van der Waals surface area contributed by atoms with E-state index in [1.54, 1.807) is 36.4 Å². The van der Waals surface area contributed by atoms with Crippen LogP contribution < -0.4 is 14.4 Å². The topological polar surface area (TPSA) is 76.1 Å². The number of amides is 1. The van der Waals surface area contributed by atoms with Crippen LogP contribution in [0, 0.1) is 5.82 Å². The Morgan fingerprint density at radius 2 is 1.77 bits per heavy atom. The molecule has 0 saturated carbocycles. The number of carbonyl (C=O) groups is 2. The fourth-order valence-electron chi connectivity index (χ4n) is 4.03. The molecule has 3 aromatic carbocycles. The standard InChI is InChI=1S/C24H18FNO5/c25-17-8-6-16(7-9-17)20(27)12-24(29)18-3-1-2-4-19(18)26(23(24)28)13-15-5-10-21-22(11-15)31-14-30-21/h1-11,29H,12-14H2/t24-/m0/s1. The van der Waals surface area contributed by atoms with Crippen molar-refractivity contribution in [2.75, 3.05) is 11.7 Å². The molecule has 0 saturated heterocycles. The zero-order valence-electron chi connectivity index (χ0n) is 16.4. The number of ether oxygens (including phenoxy) is 2. The normalized spacial score (nSPS) is 18.9. The van der Waals surface area contributed by atoms with Crippen molar-refractivity contribution in [2.45, 2.75) is 18.6 Å². The van der Waals surface area contributed by atoms with Gasteiger partial charge in [0.1, 0.15) is 5.82 Å². The molecule has 0 radical (unpaired) electrons. The summed E-state index contributed by atoms with van der Waals surface area (Å²) in [6.45, 7) is 0.342. The smallest absolute Gasteiger partial charge is 0.264 e. The Hall–Kier alpha value is -3.71. The summed E-state index contributed by atoms with van der Waals surface area (Å²) in [5, 5.41) is 11.4. The van der Waals surface area contributed by atoms with E-state index in [9.17, 15) is 19.1 Å². The number of hydrogen-bond donors (Lipinski definition) is 1. The summed E-state index contributed by atoms with van der Waals surface area (Å²) in [6, 6.07) is 17.3. The molecule has 0 aromatic heterocycles. The minimum atomic E-state index is -2.00. The van der Waals surface area contributed by atoms with Crippen LogP contribution >= 0.6 is 0 Å². The van der Waals surface area contributed by atoms with E-state index < -0.39 is 29.5 Å². The van der Waals surface area contributed by atoms with Gasteiger partial charge in [-0.15, -0.1) is 0 Å². The van der Waals surface area contributed by atoms with Crippen molar-refractivity contribution in [3.63, 3.8) is 0 Å². The third kappa shape index (κ3) is 3.23. The summed E-state index contributed by atoms with van der Waals surface area (Å²) in [5.74, 6) is -0.262. The van der Waals surface area contributed by atoms with Crippen molar-refractivity contribution in [1.82, 2.24) is 0 Å². The van der Waals surface area contributed by atoms with Gasteiger partial charge in [0.15, 0.2) is 22.9 Å². The highest BCUT2D eigenvalue weighted by Gasteiger charge is 2.50. The number of nitrogens with zero attached hydrogens (tertiary/aromatic N) is 1. The molecule has 6 nitrogen and oxygen atoms in total. The number of anilines is 1.